The third-order valence-electron chi connectivity index (χ3n) is 4.61. The van der Waals surface area contributed by atoms with Gasteiger partial charge in [0.25, 0.3) is 0 Å². The number of likely N-dealkylation sites (tertiary alicyclic amines) is 1. The monoisotopic (exact) mass is 366 g/mol. The van der Waals surface area contributed by atoms with E-state index in [0.717, 1.165) is 26.1 Å². The van der Waals surface area contributed by atoms with Crippen molar-refractivity contribution in [3.63, 3.8) is 0 Å². The van der Waals surface area contributed by atoms with Gasteiger partial charge in [-0.2, -0.15) is 0 Å². The van der Waals surface area contributed by atoms with Gasteiger partial charge in [0.2, 0.25) is 0 Å². The summed E-state index contributed by atoms with van der Waals surface area (Å²) in [4.78, 5) is 2.48. The molecule has 0 saturated carbocycles. The number of methoxy groups -OCH3 is 1. The smallest absolute Gasteiger partial charge is 0.0715 e. The van der Waals surface area contributed by atoms with Gasteiger partial charge in [-0.3, -0.25) is 4.90 Å². The van der Waals surface area contributed by atoms with Crippen molar-refractivity contribution in [1.29, 1.82) is 0 Å². The predicted molar refractivity (Wildman–Crippen MR) is 103 cm³/mol. The highest BCUT2D eigenvalue weighted by atomic mass is 16.6. The average molecular weight is 367 g/mol. The molecule has 1 aromatic carbocycles. The van der Waals surface area contributed by atoms with Gasteiger partial charge in [-0.05, 0) is 19.0 Å². The zero-order chi connectivity index (χ0) is 18.5. The first-order valence-corrected chi connectivity index (χ1v) is 9.54. The maximum Gasteiger partial charge on any atom is 0.0715 e. The second-order valence-corrected chi connectivity index (χ2v) is 6.51. The van der Waals surface area contributed by atoms with Crippen molar-refractivity contribution in [3.8, 4) is 0 Å². The lowest BCUT2D eigenvalue weighted by Gasteiger charge is -2.24. The standard InChI is InChI=1S/C20H34N2O4/c1-21-20(18-6-4-3-5-7-18)17-22-9-8-19(16-22)26-15-14-25-13-12-24-11-10-23-2/h3-7,19-21H,8-17H2,1-2H3/t19?,20-/m1/s1. The Morgan fingerprint density at radius 2 is 1.73 bits per heavy atom. The van der Waals surface area contributed by atoms with E-state index in [9.17, 15) is 0 Å². The molecule has 6 heteroatoms. The Kier molecular flexibility index (Phi) is 10.8. The first kappa shape index (κ1) is 21.3. The molecule has 0 radical (unpaired) electrons. The zero-order valence-electron chi connectivity index (χ0n) is 16.2. The summed E-state index contributed by atoms with van der Waals surface area (Å²) < 4.78 is 21.7. The molecule has 2 atom stereocenters. The first-order chi connectivity index (χ1) is 12.8. The van der Waals surface area contributed by atoms with Gasteiger partial charge in [-0.1, -0.05) is 30.3 Å². The summed E-state index contributed by atoms with van der Waals surface area (Å²) >= 11 is 0. The van der Waals surface area contributed by atoms with Crippen molar-refractivity contribution in [2.75, 3.05) is 73.4 Å². The lowest BCUT2D eigenvalue weighted by Crippen LogP contribution is -2.33. The maximum absolute atomic E-state index is 5.95. The fourth-order valence-electron chi connectivity index (χ4n) is 3.14. The summed E-state index contributed by atoms with van der Waals surface area (Å²) in [6.07, 6.45) is 1.40. The van der Waals surface area contributed by atoms with Crippen LogP contribution in [0.15, 0.2) is 30.3 Å². The highest BCUT2D eigenvalue weighted by Crippen LogP contribution is 2.18. The first-order valence-electron chi connectivity index (χ1n) is 9.54. The summed E-state index contributed by atoms with van der Waals surface area (Å²) in [6.45, 7) is 6.80. The molecule has 1 unspecified atom stereocenters. The highest BCUT2D eigenvalue weighted by molar-refractivity contribution is 5.19. The van der Waals surface area contributed by atoms with Crippen LogP contribution in [0, 0.1) is 0 Å². The number of hydrogen-bond acceptors (Lipinski definition) is 6. The summed E-state index contributed by atoms with van der Waals surface area (Å²) in [7, 11) is 3.69. The Morgan fingerprint density at radius 3 is 2.42 bits per heavy atom. The molecule has 0 spiro atoms. The molecule has 1 heterocycles. The maximum atomic E-state index is 5.95. The molecule has 1 N–H and O–H groups in total. The van der Waals surface area contributed by atoms with Crippen LogP contribution in [0.5, 0.6) is 0 Å². The molecule has 0 aromatic heterocycles. The van der Waals surface area contributed by atoms with E-state index in [-0.39, 0.29) is 0 Å². The van der Waals surface area contributed by atoms with E-state index in [1.807, 2.05) is 7.05 Å². The van der Waals surface area contributed by atoms with Crippen LogP contribution in [-0.2, 0) is 18.9 Å². The Bertz CT molecular complexity index is 460. The SMILES string of the molecule is CN[C@H](CN1CCC(OCCOCCOCCOC)C1)c1ccccc1. The number of ether oxygens (including phenoxy) is 4. The molecule has 0 aliphatic carbocycles. The number of nitrogens with zero attached hydrogens (tertiary/aromatic N) is 1. The van der Waals surface area contributed by atoms with Crippen LogP contribution in [0.2, 0.25) is 0 Å². The molecule has 0 amide bonds. The molecule has 0 bridgehead atoms. The van der Waals surface area contributed by atoms with E-state index in [1.54, 1.807) is 7.11 Å². The average Bonchev–Trinajstić information content (AvgIpc) is 3.13. The van der Waals surface area contributed by atoms with Crippen molar-refractivity contribution in [2.24, 2.45) is 0 Å². The van der Waals surface area contributed by atoms with Gasteiger partial charge >= 0.3 is 0 Å². The molecular weight excluding hydrogens is 332 g/mol. The summed E-state index contributed by atoms with van der Waals surface area (Å²) in [5.74, 6) is 0. The van der Waals surface area contributed by atoms with E-state index in [1.165, 1.54) is 5.56 Å². The van der Waals surface area contributed by atoms with Crippen molar-refractivity contribution in [1.82, 2.24) is 10.2 Å². The molecule has 26 heavy (non-hydrogen) atoms. The van der Waals surface area contributed by atoms with Gasteiger partial charge in [-0.25, -0.2) is 0 Å². The number of benzene rings is 1. The van der Waals surface area contributed by atoms with Crippen molar-refractivity contribution >= 4 is 0 Å². The van der Waals surface area contributed by atoms with Crippen molar-refractivity contribution in [3.05, 3.63) is 35.9 Å². The third kappa shape index (κ3) is 8.12. The zero-order valence-corrected chi connectivity index (χ0v) is 16.2. The Hall–Kier alpha value is -1.02. The molecule has 6 nitrogen and oxygen atoms in total. The van der Waals surface area contributed by atoms with E-state index >= 15 is 0 Å². The second kappa shape index (κ2) is 13.2. The van der Waals surface area contributed by atoms with Crippen LogP contribution >= 0.6 is 0 Å². The van der Waals surface area contributed by atoms with Crippen LogP contribution in [-0.4, -0.2) is 84.4 Å². The van der Waals surface area contributed by atoms with Crippen molar-refractivity contribution in [2.45, 2.75) is 18.6 Å². The van der Waals surface area contributed by atoms with Crippen LogP contribution in [0.3, 0.4) is 0 Å². The highest BCUT2D eigenvalue weighted by Gasteiger charge is 2.25. The van der Waals surface area contributed by atoms with E-state index in [4.69, 9.17) is 18.9 Å². The van der Waals surface area contributed by atoms with Crippen LogP contribution in [0.25, 0.3) is 0 Å². The van der Waals surface area contributed by atoms with E-state index in [2.05, 4.69) is 40.5 Å². The molecule has 2 rings (SSSR count). The molecule has 148 valence electrons. The summed E-state index contributed by atoms with van der Waals surface area (Å²) in [6, 6.07) is 11.0. The molecule has 1 aliphatic heterocycles. The second-order valence-electron chi connectivity index (χ2n) is 6.51. The Morgan fingerprint density at radius 1 is 1.04 bits per heavy atom. The van der Waals surface area contributed by atoms with Gasteiger partial charge in [0.05, 0.1) is 45.7 Å². The van der Waals surface area contributed by atoms with E-state index in [0.29, 0.717) is 51.8 Å². The topological polar surface area (TPSA) is 52.2 Å². The third-order valence-corrected chi connectivity index (χ3v) is 4.61. The Balaban J connectivity index is 1.53. The summed E-state index contributed by atoms with van der Waals surface area (Å²) in [5, 5.41) is 3.42. The fourth-order valence-corrected chi connectivity index (χ4v) is 3.14. The molecule has 1 saturated heterocycles. The van der Waals surface area contributed by atoms with Crippen LogP contribution in [0.1, 0.15) is 18.0 Å². The molecule has 1 aromatic rings. The minimum absolute atomic E-state index is 0.310. The number of rotatable bonds is 14. The number of likely N-dealkylation sites (N-methyl/N-ethyl adjacent to an activating group) is 1. The summed E-state index contributed by atoms with van der Waals surface area (Å²) in [5.41, 5.74) is 1.33. The van der Waals surface area contributed by atoms with Gasteiger partial charge < -0.3 is 24.3 Å². The fraction of sp³-hybridized carbons (Fsp3) is 0.700. The molecule has 1 fully saturated rings. The quantitative estimate of drug-likeness (QED) is 0.506. The number of nitrogens with one attached hydrogen (secondary N) is 1. The predicted octanol–water partition coefficient (Wildman–Crippen LogP) is 1.72. The lowest BCUT2D eigenvalue weighted by atomic mass is 10.1. The number of hydrogen-bond donors (Lipinski definition) is 1. The van der Waals surface area contributed by atoms with Gasteiger partial charge in [-0.15, -0.1) is 0 Å². The van der Waals surface area contributed by atoms with Gasteiger partial charge in [0.1, 0.15) is 0 Å². The Labute approximate surface area is 157 Å². The van der Waals surface area contributed by atoms with Gasteiger partial charge in [0, 0.05) is 32.8 Å². The molecule has 1 aliphatic rings. The lowest BCUT2D eigenvalue weighted by molar-refractivity contribution is -0.0137. The van der Waals surface area contributed by atoms with E-state index < -0.39 is 0 Å². The van der Waals surface area contributed by atoms with Crippen LogP contribution < -0.4 is 5.32 Å². The largest absolute Gasteiger partial charge is 0.382 e. The van der Waals surface area contributed by atoms with Gasteiger partial charge in [0.15, 0.2) is 0 Å². The van der Waals surface area contributed by atoms with Crippen LogP contribution in [0.4, 0.5) is 0 Å². The minimum atomic E-state index is 0.310. The normalized spacial score (nSPS) is 19.1. The molecular formula is C20H34N2O4. The minimum Gasteiger partial charge on any atom is -0.382 e. The van der Waals surface area contributed by atoms with Crippen molar-refractivity contribution < 1.29 is 18.9 Å².